The minimum absolute atomic E-state index is 0.151. The highest BCUT2D eigenvalue weighted by Gasteiger charge is 2.31. The molecule has 1 aromatic rings. The van der Waals surface area contributed by atoms with E-state index in [2.05, 4.69) is 6.58 Å². The summed E-state index contributed by atoms with van der Waals surface area (Å²) in [6.07, 6.45) is 3.37. The van der Waals surface area contributed by atoms with Crippen molar-refractivity contribution in [2.45, 2.75) is 6.92 Å². The summed E-state index contributed by atoms with van der Waals surface area (Å²) >= 11 is 6.46. The van der Waals surface area contributed by atoms with Crippen LogP contribution in [0.3, 0.4) is 0 Å². The standard InChI is InChI=1S/C18H19NO5S2/c1-4-8-19-17(21)15(26-18(19)25)10-12-6-7-13(14(9-12)22-3)24-11-16(20)23-5-2/h4,6-7,9-10H,1,5,8,11H2,2-3H3/b15-10+. The molecule has 0 bridgehead atoms. The number of hydrogen-bond donors (Lipinski definition) is 0. The van der Waals surface area contributed by atoms with Crippen LogP contribution in [0, 0.1) is 0 Å². The highest BCUT2D eigenvalue weighted by atomic mass is 32.2. The number of esters is 1. The molecule has 0 saturated carbocycles. The molecule has 1 amide bonds. The van der Waals surface area contributed by atoms with Gasteiger partial charge in [0.15, 0.2) is 18.1 Å². The number of carbonyl (C=O) groups is 2. The Hall–Kier alpha value is -2.32. The first-order chi connectivity index (χ1) is 12.5. The molecule has 0 aromatic heterocycles. The molecular weight excluding hydrogens is 374 g/mol. The predicted octanol–water partition coefficient (Wildman–Crippen LogP) is 3.02. The summed E-state index contributed by atoms with van der Waals surface area (Å²) < 4.78 is 16.1. The Bertz CT molecular complexity index is 760. The largest absolute Gasteiger partial charge is 0.493 e. The molecule has 0 radical (unpaired) electrons. The van der Waals surface area contributed by atoms with E-state index in [4.69, 9.17) is 26.4 Å². The second kappa shape index (κ2) is 9.40. The monoisotopic (exact) mass is 393 g/mol. The first kappa shape index (κ1) is 20.0. The van der Waals surface area contributed by atoms with Gasteiger partial charge in [-0.3, -0.25) is 9.69 Å². The van der Waals surface area contributed by atoms with Crippen molar-refractivity contribution in [1.82, 2.24) is 4.90 Å². The molecule has 1 heterocycles. The first-order valence-electron chi connectivity index (χ1n) is 7.82. The Labute approximate surface area is 161 Å². The van der Waals surface area contributed by atoms with Gasteiger partial charge >= 0.3 is 5.97 Å². The van der Waals surface area contributed by atoms with Crippen molar-refractivity contribution < 1.29 is 23.8 Å². The van der Waals surface area contributed by atoms with E-state index < -0.39 is 5.97 Å². The lowest BCUT2D eigenvalue weighted by atomic mass is 10.2. The van der Waals surface area contributed by atoms with Crippen LogP contribution in [0.4, 0.5) is 0 Å². The lowest BCUT2D eigenvalue weighted by molar-refractivity contribution is -0.145. The van der Waals surface area contributed by atoms with E-state index in [-0.39, 0.29) is 12.5 Å². The van der Waals surface area contributed by atoms with Crippen molar-refractivity contribution >= 4 is 46.3 Å². The van der Waals surface area contributed by atoms with Gasteiger partial charge in [0.1, 0.15) is 4.32 Å². The highest BCUT2D eigenvalue weighted by Crippen LogP contribution is 2.34. The molecule has 0 aliphatic carbocycles. The molecular formula is C18H19NO5S2. The molecule has 2 rings (SSSR count). The quantitative estimate of drug-likeness (QED) is 0.291. The molecule has 8 heteroatoms. The Balaban J connectivity index is 2.16. The molecule has 26 heavy (non-hydrogen) atoms. The van der Waals surface area contributed by atoms with Crippen LogP contribution in [0.5, 0.6) is 11.5 Å². The van der Waals surface area contributed by atoms with Gasteiger partial charge in [0.05, 0.1) is 18.6 Å². The average molecular weight is 393 g/mol. The molecule has 0 atom stereocenters. The topological polar surface area (TPSA) is 65.1 Å². The Kier molecular flexibility index (Phi) is 7.23. The highest BCUT2D eigenvalue weighted by molar-refractivity contribution is 8.26. The van der Waals surface area contributed by atoms with E-state index >= 15 is 0 Å². The molecule has 1 saturated heterocycles. The van der Waals surface area contributed by atoms with Gasteiger partial charge in [0.25, 0.3) is 5.91 Å². The Morgan fingerprint density at radius 2 is 2.15 bits per heavy atom. The number of amides is 1. The molecule has 1 aliphatic heterocycles. The number of carbonyl (C=O) groups excluding carboxylic acids is 2. The zero-order chi connectivity index (χ0) is 19.1. The number of methoxy groups -OCH3 is 1. The number of thiocarbonyl (C=S) groups is 1. The van der Waals surface area contributed by atoms with Crippen LogP contribution in [0.15, 0.2) is 35.8 Å². The van der Waals surface area contributed by atoms with E-state index in [1.807, 2.05) is 0 Å². The molecule has 0 spiro atoms. The third-order valence-electron chi connectivity index (χ3n) is 3.32. The lowest BCUT2D eigenvalue weighted by Crippen LogP contribution is -2.27. The van der Waals surface area contributed by atoms with Gasteiger partial charge in [-0.15, -0.1) is 6.58 Å². The average Bonchev–Trinajstić information content (AvgIpc) is 2.88. The number of ether oxygens (including phenoxy) is 3. The third kappa shape index (κ3) is 4.86. The maximum Gasteiger partial charge on any atom is 0.344 e. The van der Waals surface area contributed by atoms with Crippen molar-refractivity contribution in [2.75, 3.05) is 26.9 Å². The van der Waals surface area contributed by atoms with Crippen molar-refractivity contribution in [3.8, 4) is 11.5 Å². The Morgan fingerprint density at radius 3 is 2.81 bits per heavy atom. The first-order valence-corrected chi connectivity index (χ1v) is 9.05. The second-order valence-electron chi connectivity index (χ2n) is 5.08. The maximum absolute atomic E-state index is 12.4. The van der Waals surface area contributed by atoms with Gasteiger partial charge in [-0.25, -0.2) is 4.79 Å². The van der Waals surface area contributed by atoms with Crippen molar-refractivity contribution in [1.29, 1.82) is 0 Å². The Morgan fingerprint density at radius 1 is 1.38 bits per heavy atom. The van der Waals surface area contributed by atoms with E-state index in [1.54, 1.807) is 37.3 Å². The summed E-state index contributed by atoms with van der Waals surface area (Å²) in [6.45, 7) is 5.83. The van der Waals surface area contributed by atoms with E-state index in [9.17, 15) is 9.59 Å². The van der Waals surface area contributed by atoms with Gasteiger partial charge in [0, 0.05) is 6.54 Å². The van der Waals surface area contributed by atoms with E-state index in [1.165, 1.54) is 23.8 Å². The SMILES string of the molecule is C=CCN1C(=O)/C(=C\c2ccc(OCC(=O)OCC)c(OC)c2)SC1=S. The molecule has 0 unspecified atom stereocenters. The zero-order valence-corrected chi connectivity index (χ0v) is 16.2. The van der Waals surface area contributed by atoms with Crippen LogP contribution < -0.4 is 9.47 Å². The summed E-state index contributed by atoms with van der Waals surface area (Å²) in [5.74, 6) is 0.257. The summed E-state index contributed by atoms with van der Waals surface area (Å²) in [4.78, 5) is 25.8. The molecule has 6 nitrogen and oxygen atoms in total. The van der Waals surface area contributed by atoms with Crippen LogP contribution in [0.2, 0.25) is 0 Å². The molecule has 138 valence electrons. The van der Waals surface area contributed by atoms with Crippen LogP contribution in [-0.2, 0) is 14.3 Å². The summed E-state index contributed by atoms with van der Waals surface area (Å²) in [7, 11) is 1.50. The molecule has 0 N–H and O–H groups in total. The number of thioether (sulfide) groups is 1. The smallest absolute Gasteiger partial charge is 0.344 e. The molecule has 1 aromatic carbocycles. The lowest BCUT2D eigenvalue weighted by Gasteiger charge is -2.11. The number of rotatable bonds is 8. The number of hydrogen-bond acceptors (Lipinski definition) is 7. The minimum atomic E-state index is -0.454. The fourth-order valence-corrected chi connectivity index (χ4v) is 3.45. The maximum atomic E-state index is 12.4. The van der Waals surface area contributed by atoms with Crippen LogP contribution in [-0.4, -0.2) is 48.0 Å². The fraction of sp³-hybridized carbons (Fsp3) is 0.278. The van der Waals surface area contributed by atoms with Crippen molar-refractivity contribution in [3.63, 3.8) is 0 Å². The van der Waals surface area contributed by atoms with E-state index in [0.29, 0.717) is 33.9 Å². The summed E-state index contributed by atoms with van der Waals surface area (Å²) in [6, 6.07) is 5.16. The van der Waals surface area contributed by atoms with Crippen LogP contribution >= 0.6 is 24.0 Å². The molecule has 1 aliphatic rings. The number of benzene rings is 1. The van der Waals surface area contributed by atoms with Crippen molar-refractivity contribution in [2.24, 2.45) is 0 Å². The van der Waals surface area contributed by atoms with Gasteiger partial charge in [0.2, 0.25) is 0 Å². The fourth-order valence-electron chi connectivity index (χ4n) is 2.17. The molecule has 1 fully saturated rings. The minimum Gasteiger partial charge on any atom is -0.493 e. The van der Waals surface area contributed by atoms with Gasteiger partial charge < -0.3 is 14.2 Å². The third-order valence-corrected chi connectivity index (χ3v) is 4.70. The summed E-state index contributed by atoms with van der Waals surface area (Å²) in [5.41, 5.74) is 0.754. The second-order valence-corrected chi connectivity index (χ2v) is 6.76. The normalized spacial score (nSPS) is 15.3. The van der Waals surface area contributed by atoms with Crippen LogP contribution in [0.25, 0.3) is 6.08 Å². The van der Waals surface area contributed by atoms with Gasteiger partial charge in [-0.2, -0.15) is 0 Å². The van der Waals surface area contributed by atoms with Gasteiger partial charge in [-0.1, -0.05) is 36.1 Å². The summed E-state index contributed by atoms with van der Waals surface area (Å²) in [5, 5.41) is 0. The van der Waals surface area contributed by atoms with Crippen molar-refractivity contribution in [3.05, 3.63) is 41.3 Å². The van der Waals surface area contributed by atoms with Crippen LogP contribution in [0.1, 0.15) is 12.5 Å². The zero-order valence-electron chi connectivity index (χ0n) is 14.5. The predicted molar refractivity (Wildman–Crippen MR) is 105 cm³/mol. The number of nitrogens with zero attached hydrogens (tertiary/aromatic N) is 1. The van der Waals surface area contributed by atoms with Gasteiger partial charge in [-0.05, 0) is 30.7 Å². The van der Waals surface area contributed by atoms with E-state index in [0.717, 1.165) is 5.56 Å².